The van der Waals surface area contributed by atoms with Crippen LogP contribution >= 0.6 is 27.3 Å². The smallest absolute Gasteiger partial charge is 0.161 e. The zero-order valence-corrected chi connectivity index (χ0v) is 18.2. The number of rotatable bonds is 3. The van der Waals surface area contributed by atoms with Gasteiger partial charge in [-0.3, -0.25) is 9.69 Å². The number of aryl methyl sites for hydroxylation is 1. The lowest BCUT2D eigenvalue weighted by atomic mass is 9.78. The number of Topliss-reactive ketones (excluding diaryl/α,β-unsaturated/α-hetero) is 1. The average molecular weight is 472 g/mol. The van der Waals surface area contributed by atoms with Gasteiger partial charge in [0, 0.05) is 37.6 Å². The molecule has 7 heteroatoms. The summed E-state index contributed by atoms with van der Waals surface area (Å²) in [6.07, 6.45) is 2.73. The summed E-state index contributed by atoms with van der Waals surface area (Å²) in [5.41, 5.74) is 8.97. The third-order valence-corrected chi connectivity index (χ3v) is 7.69. The lowest BCUT2D eigenvalue weighted by molar-refractivity contribution is -0.116. The first kappa shape index (κ1) is 19.9. The lowest BCUT2D eigenvalue weighted by Crippen LogP contribution is -2.38. The van der Waals surface area contributed by atoms with Crippen LogP contribution in [0.15, 0.2) is 57.5 Å². The number of benzene rings is 1. The summed E-state index contributed by atoms with van der Waals surface area (Å²) in [7, 11) is 0. The van der Waals surface area contributed by atoms with Crippen molar-refractivity contribution in [2.45, 2.75) is 38.5 Å². The van der Waals surface area contributed by atoms with E-state index < -0.39 is 5.92 Å². The van der Waals surface area contributed by atoms with E-state index in [0.717, 1.165) is 27.9 Å². The Balaban J connectivity index is 1.95. The fourth-order valence-corrected chi connectivity index (χ4v) is 6.10. The summed E-state index contributed by atoms with van der Waals surface area (Å²) in [5.74, 6) is -0.455. The van der Waals surface area contributed by atoms with E-state index in [0.29, 0.717) is 35.5 Å². The van der Waals surface area contributed by atoms with Crippen LogP contribution < -0.4 is 10.6 Å². The SMILES string of the molecule is CCc1sc(C2C(C#N)=C(N)N(c3ccc(F)cc3)C3=C2C(=O)CCC3)cc1Br. The van der Waals surface area contributed by atoms with Crippen molar-refractivity contribution in [3.05, 3.63) is 73.0 Å². The molecule has 0 bridgehead atoms. The molecule has 2 heterocycles. The molecule has 29 heavy (non-hydrogen) atoms. The Kier molecular flexibility index (Phi) is 5.32. The molecule has 0 radical (unpaired) electrons. The fourth-order valence-electron chi connectivity index (χ4n) is 4.07. The highest BCUT2D eigenvalue weighted by molar-refractivity contribution is 9.10. The largest absolute Gasteiger partial charge is 0.384 e. The maximum atomic E-state index is 13.5. The molecule has 0 fully saturated rings. The number of carbonyl (C=O) groups is 1. The van der Waals surface area contributed by atoms with Crippen molar-refractivity contribution in [2.24, 2.45) is 5.73 Å². The van der Waals surface area contributed by atoms with Gasteiger partial charge in [0.1, 0.15) is 11.6 Å². The molecular weight excluding hydrogens is 453 g/mol. The molecule has 1 aromatic carbocycles. The van der Waals surface area contributed by atoms with Crippen LogP contribution in [-0.2, 0) is 11.2 Å². The molecule has 4 nitrogen and oxygen atoms in total. The van der Waals surface area contributed by atoms with E-state index in [1.165, 1.54) is 17.0 Å². The topological polar surface area (TPSA) is 70.1 Å². The monoisotopic (exact) mass is 471 g/mol. The summed E-state index contributed by atoms with van der Waals surface area (Å²) >= 11 is 5.19. The fraction of sp³-hybridized carbons (Fsp3) is 0.273. The number of hydrogen-bond donors (Lipinski definition) is 1. The van der Waals surface area contributed by atoms with Gasteiger partial charge in [-0.25, -0.2) is 4.39 Å². The number of anilines is 1. The molecule has 1 aliphatic carbocycles. The number of allylic oxidation sites excluding steroid dienone is 3. The molecule has 4 rings (SSSR count). The Morgan fingerprint density at radius 2 is 2.07 bits per heavy atom. The van der Waals surface area contributed by atoms with Gasteiger partial charge in [0.25, 0.3) is 0 Å². The number of carbonyl (C=O) groups excluding carboxylic acids is 1. The Morgan fingerprint density at radius 1 is 1.34 bits per heavy atom. The van der Waals surface area contributed by atoms with E-state index in [1.54, 1.807) is 28.4 Å². The minimum absolute atomic E-state index is 0.0474. The van der Waals surface area contributed by atoms with Crippen molar-refractivity contribution in [3.63, 3.8) is 0 Å². The molecular formula is C22H19BrFN3OS. The molecule has 0 spiro atoms. The van der Waals surface area contributed by atoms with Crippen molar-refractivity contribution in [2.75, 3.05) is 4.90 Å². The van der Waals surface area contributed by atoms with Crippen molar-refractivity contribution in [1.82, 2.24) is 0 Å². The standard InChI is InChI=1S/C22H19BrFN3OS/c1-2-18-15(23)10-19(29-18)20-14(11-25)22(26)27(13-8-6-12(24)7-9-13)16-4-3-5-17(28)21(16)20/h6-10,20H,2-5,26H2,1H3. The van der Waals surface area contributed by atoms with Crippen molar-refractivity contribution >= 4 is 38.7 Å². The Hall–Kier alpha value is -2.43. The number of nitrogens with two attached hydrogens (primary N) is 1. The van der Waals surface area contributed by atoms with Crippen LogP contribution in [0.1, 0.15) is 41.9 Å². The lowest BCUT2D eigenvalue weighted by Gasteiger charge is -2.39. The predicted molar refractivity (Wildman–Crippen MR) is 116 cm³/mol. The minimum Gasteiger partial charge on any atom is -0.384 e. The Labute approximate surface area is 181 Å². The number of ketones is 1. The van der Waals surface area contributed by atoms with Crippen LogP contribution in [0.5, 0.6) is 0 Å². The highest BCUT2D eigenvalue weighted by atomic mass is 79.9. The van der Waals surface area contributed by atoms with E-state index in [4.69, 9.17) is 5.73 Å². The summed E-state index contributed by atoms with van der Waals surface area (Å²) in [5, 5.41) is 10.00. The van der Waals surface area contributed by atoms with Crippen LogP contribution in [0.3, 0.4) is 0 Å². The molecule has 1 atom stereocenters. The van der Waals surface area contributed by atoms with Crippen molar-refractivity contribution < 1.29 is 9.18 Å². The summed E-state index contributed by atoms with van der Waals surface area (Å²) in [6.45, 7) is 2.07. The van der Waals surface area contributed by atoms with Crippen LogP contribution in [0.25, 0.3) is 0 Å². The second-order valence-electron chi connectivity index (χ2n) is 7.07. The molecule has 1 aliphatic heterocycles. The molecule has 0 amide bonds. The van der Waals surface area contributed by atoms with Crippen LogP contribution in [0.2, 0.25) is 0 Å². The Bertz CT molecular complexity index is 1090. The van der Waals surface area contributed by atoms with Crippen LogP contribution in [-0.4, -0.2) is 5.78 Å². The highest BCUT2D eigenvalue weighted by Crippen LogP contribution is 2.48. The molecule has 0 saturated carbocycles. The van der Waals surface area contributed by atoms with E-state index in [1.807, 2.05) is 6.07 Å². The Morgan fingerprint density at radius 3 is 2.69 bits per heavy atom. The zero-order chi connectivity index (χ0) is 20.7. The van der Waals surface area contributed by atoms with Crippen LogP contribution in [0, 0.1) is 17.1 Å². The van der Waals surface area contributed by atoms with Gasteiger partial charge < -0.3 is 5.73 Å². The van der Waals surface area contributed by atoms with E-state index >= 15 is 0 Å². The second-order valence-corrected chi connectivity index (χ2v) is 9.09. The molecule has 1 aromatic heterocycles. The van der Waals surface area contributed by atoms with Gasteiger partial charge in [-0.1, -0.05) is 6.92 Å². The summed E-state index contributed by atoms with van der Waals surface area (Å²) < 4.78 is 14.5. The summed E-state index contributed by atoms with van der Waals surface area (Å²) in [6, 6.07) is 10.2. The van der Waals surface area contributed by atoms with E-state index in [-0.39, 0.29) is 11.6 Å². The van der Waals surface area contributed by atoms with Gasteiger partial charge in [-0.2, -0.15) is 5.26 Å². The van der Waals surface area contributed by atoms with Crippen LogP contribution in [0.4, 0.5) is 10.1 Å². The third-order valence-electron chi connectivity index (χ3n) is 5.38. The summed E-state index contributed by atoms with van der Waals surface area (Å²) in [4.78, 5) is 16.9. The number of halogens is 2. The van der Waals surface area contributed by atoms with E-state index in [9.17, 15) is 14.4 Å². The molecule has 2 aliphatic rings. The van der Waals surface area contributed by atoms with Gasteiger partial charge in [-0.05, 0) is 65.5 Å². The molecule has 2 N–H and O–H groups in total. The predicted octanol–water partition coefficient (Wildman–Crippen LogP) is 5.52. The zero-order valence-electron chi connectivity index (χ0n) is 15.8. The van der Waals surface area contributed by atoms with E-state index in [2.05, 4.69) is 28.9 Å². The first-order chi connectivity index (χ1) is 14.0. The molecule has 1 unspecified atom stereocenters. The highest BCUT2D eigenvalue weighted by Gasteiger charge is 2.41. The maximum absolute atomic E-state index is 13.5. The number of hydrogen-bond acceptors (Lipinski definition) is 5. The first-order valence-corrected chi connectivity index (χ1v) is 11.1. The molecule has 2 aromatic rings. The third kappa shape index (κ3) is 3.30. The maximum Gasteiger partial charge on any atom is 0.161 e. The number of thiophene rings is 1. The van der Waals surface area contributed by atoms with Gasteiger partial charge in [0.05, 0.1) is 17.6 Å². The van der Waals surface area contributed by atoms with Gasteiger partial charge in [-0.15, -0.1) is 11.3 Å². The van der Waals surface area contributed by atoms with Gasteiger partial charge >= 0.3 is 0 Å². The number of nitrogens with zero attached hydrogens (tertiary/aromatic N) is 2. The quantitative estimate of drug-likeness (QED) is 0.639. The van der Waals surface area contributed by atoms with Gasteiger partial charge in [0.15, 0.2) is 5.78 Å². The normalized spacial score (nSPS) is 19.4. The molecule has 148 valence electrons. The average Bonchev–Trinajstić information content (AvgIpc) is 3.08. The second kappa shape index (κ2) is 7.77. The van der Waals surface area contributed by atoms with Crippen molar-refractivity contribution in [1.29, 1.82) is 5.26 Å². The van der Waals surface area contributed by atoms with Crippen molar-refractivity contribution in [3.8, 4) is 6.07 Å². The number of nitriles is 1. The minimum atomic E-state index is -0.457. The first-order valence-electron chi connectivity index (χ1n) is 9.46. The van der Waals surface area contributed by atoms with Gasteiger partial charge in [0.2, 0.25) is 0 Å². The molecule has 0 saturated heterocycles.